The van der Waals surface area contributed by atoms with Gasteiger partial charge in [-0.3, -0.25) is 0 Å². The van der Waals surface area contributed by atoms with Gasteiger partial charge < -0.3 is 20.1 Å². The Hall–Kier alpha value is -1.42. The Morgan fingerprint density at radius 1 is 1.37 bits per heavy atom. The molecule has 2 N–H and O–H groups in total. The van der Waals surface area contributed by atoms with Crippen LogP contribution in [0.25, 0.3) is 0 Å². The average molecular weight is 264 g/mol. The number of nitrogens with zero attached hydrogens (tertiary/aromatic N) is 1. The summed E-state index contributed by atoms with van der Waals surface area (Å²) in [6.07, 6.45) is 1.31. The van der Waals surface area contributed by atoms with E-state index in [1.54, 1.807) is 0 Å². The van der Waals surface area contributed by atoms with Crippen LogP contribution in [0.2, 0.25) is 0 Å². The first-order valence-corrected chi connectivity index (χ1v) is 7.05. The smallest absolute Gasteiger partial charge is 0.123 e. The van der Waals surface area contributed by atoms with Crippen LogP contribution >= 0.6 is 0 Å². The zero-order chi connectivity index (χ0) is 13.8. The molecule has 0 radical (unpaired) electrons. The Balaban J connectivity index is 2.27. The van der Waals surface area contributed by atoms with Crippen LogP contribution in [0.1, 0.15) is 27.2 Å². The molecule has 1 aromatic carbocycles. The lowest BCUT2D eigenvalue weighted by molar-refractivity contribution is 0.0299. The lowest BCUT2D eigenvalue weighted by Gasteiger charge is -2.40. The Kier molecular flexibility index (Phi) is 4.53. The fourth-order valence-corrected chi connectivity index (χ4v) is 2.52. The molecule has 4 heteroatoms. The molecule has 4 nitrogen and oxygen atoms in total. The second-order valence-corrected chi connectivity index (χ2v) is 5.05. The highest BCUT2D eigenvalue weighted by Crippen LogP contribution is 2.29. The van der Waals surface area contributed by atoms with E-state index in [1.165, 1.54) is 0 Å². The zero-order valence-electron chi connectivity index (χ0n) is 12.1. The molecule has 1 fully saturated rings. The van der Waals surface area contributed by atoms with Gasteiger partial charge in [-0.05, 0) is 26.3 Å². The summed E-state index contributed by atoms with van der Waals surface area (Å²) in [5, 5.41) is 0. The lowest BCUT2D eigenvalue weighted by Crippen LogP contribution is -2.48. The quantitative estimate of drug-likeness (QED) is 0.849. The first-order chi connectivity index (χ1) is 9.13. The van der Waals surface area contributed by atoms with Gasteiger partial charge in [0.2, 0.25) is 0 Å². The van der Waals surface area contributed by atoms with Crippen LogP contribution in [0.15, 0.2) is 18.2 Å². The van der Waals surface area contributed by atoms with Crippen molar-refractivity contribution in [2.24, 2.45) is 0 Å². The van der Waals surface area contributed by atoms with Gasteiger partial charge in [0.05, 0.1) is 25.4 Å². The van der Waals surface area contributed by atoms with Crippen LogP contribution in [0.5, 0.6) is 5.75 Å². The standard InChI is InChI=1S/C15H24N2O2/c1-4-13-10-19-11(3)9-17(13)14-6-12(16)7-15(8-14)18-5-2/h6-8,11,13H,4-5,9-10,16H2,1-3H3. The van der Waals surface area contributed by atoms with E-state index in [4.69, 9.17) is 15.2 Å². The van der Waals surface area contributed by atoms with Crippen LogP contribution in [0, 0.1) is 0 Å². The predicted molar refractivity (Wildman–Crippen MR) is 78.9 cm³/mol. The molecule has 0 amide bonds. The topological polar surface area (TPSA) is 47.7 Å². The summed E-state index contributed by atoms with van der Waals surface area (Å²) in [5.74, 6) is 0.839. The molecule has 0 spiro atoms. The fourth-order valence-electron chi connectivity index (χ4n) is 2.52. The summed E-state index contributed by atoms with van der Waals surface area (Å²) in [4.78, 5) is 2.38. The number of anilines is 2. The van der Waals surface area contributed by atoms with Gasteiger partial charge in [-0.2, -0.15) is 0 Å². The maximum Gasteiger partial charge on any atom is 0.123 e. The summed E-state index contributed by atoms with van der Waals surface area (Å²) >= 11 is 0. The second kappa shape index (κ2) is 6.15. The lowest BCUT2D eigenvalue weighted by atomic mass is 10.1. The third-order valence-electron chi connectivity index (χ3n) is 3.50. The molecular formula is C15H24N2O2. The highest BCUT2D eigenvalue weighted by atomic mass is 16.5. The van der Waals surface area contributed by atoms with Gasteiger partial charge in [0.1, 0.15) is 5.75 Å². The monoisotopic (exact) mass is 264 g/mol. The van der Waals surface area contributed by atoms with E-state index in [0.717, 1.165) is 36.7 Å². The van der Waals surface area contributed by atoms with Crippen molar-refractivity contribution in [3.63, 3.8) is 0 Å². The number of hydrogen-bond donors (Lipinski definition) is 1. The first kappa shape index (κ1) is 14.0. The van der Waals surface area contributed by atoms with E-state index >= 15 is 0 Å². The molecule has 2 rings (SSSR count). The number of nitrogen functional groups attached to an aromatic ring is 1. The SMILES string of the molecule is CCOc1cc(N)cc(N2CC(C)OCC2CC)c1. The van der Waals surface area contributed by atoms with Crippen LogP contribution in [-0.4, -0.2) is 31.9 Å². The van der Waals surface area contributed by atoms with Gasteiger partial charge in [0.25, 0.3) is 0 Å². The van der Waals surface area contributed by atoms with Gasteiger partial charge in [-0.15, -0.1) is 0 Å². The molecule has 1 aliphatic rings. The van der Waals surface area contributed by atoms with E-state index in [-0.39, 0.29) is 6.10 Å². The molecule has 1 heterocycles. The first-order valence-electron chi connectivity index (χ1n) is 7.05. The van der Waals surface area contributed by atoms with Crippen molar-refractivity contribution in [3.05, 3.63) is 18.2 Å². The van der Waals surface area contributed by atoms with Crippen LogP contribution in [0.4, 0.5) is 11.4 Å². The van der Waals surface area contributed by atoms with E-state index in [0.29, 0.717) is 12.6 Å². The molecule has 0 aromatic heterocycles. The summed E-state index contributed by atoms with van der Waals surface area (Å²) in [7, 11) is 0. The molecule has 2 unspecified atom stereocenters. The van der Waals surface area contributed by atoms with Gasteiger partial charge >= 0.3 is 0 Å². The van der Waals surface area contributed by atoms with E-state index in [2.05, 4.69) is 24.8 Å². The van der Waals surface area contributed by atoms with Crippen molar-refractivity contribution < 1.29 is 9.47 Å². The number of rotatable bonds is 4. The Labute approximate surface area is 115 Å². The van der Waals surface area contributed by atoms with Crippen LogP contribution in [0.3, 0.4) is 0 Å². The molecule has 2 atom stereocenters. The highest BCUT2D eigenvalue weighted by molar-refractivity contribution is 5.61. The minimum absolute atomic E-state index is 0.250. The summed E-state index contributed by atoms with van der Waals surface area (Å²) < 4.78 is 11.3. The number of ether oxygens (including phenoxy) is 2. The molecule has 106 valence electrons. The van der Waals surface area contributed by atoms with Crippen molar-refractivity contribution in [1.82, 2.24) is 0 Å². The average Bonchev–Trinajstić information content (AvgIpc) is 2.38. The van der Waals surface area contributed by atoms with Crippen LogP contribution < -0.4 is 15.4 Å². The Morgan fingerprint density at radius 3 is 2.84 bits per heavy atom. The maximum absolute atomic E-state index is 5.98. The number of hydrogen-bond acceptors (Lipinski definition) is 4. The van der Waals surface area contributed by atoms with Crippen molar-refractivity contribution in [1.29, 1.82) is 0 Å². The molecule has 1 aliphatic heterocycles. The molecule has 1 aromatic rings. The molecule has 1 saturated heterocycles. The van der Waals surface area contributed by atoms with Gasteiger partial charge in [0.15, 0.2) is 0 Å². The highest BCUT2D eigenvalue weighted by Gasteiger charge is 2.26. The number of nitrogens with two attached hydrogens (primary N) is 1. The third-order valence-corrected chi connectivity index (χ3v) is 3.50. The molecular weight excluding hydrogens is 240 g/mol. The van der Waals surface area contributed by atoms with E-state index in [9.17, 15) is 0 Å². The summed E-state index contributed by atoms with van der Waals surface area (Å²) in [5.41, 5.74) is 7.86. The van der Waals surface area contributed by atoms with Crippen molar-refractivity contribution in [2.75, 3.05) is 30.4 Å². The van der Waals surface area contributed by atoms with Gasteiger partial charge in [0, 0.05) is 30.1 Å². The molecule has 0 bridgehead atoms. The van der Waals surface area contributed by atoms with Crippen molar-refractivity contribution >= 4 is 11.4 Å². The molecule has 19 heavy (non-hydrogen) atoms. The molecule has 0 saturated carbocycles. The van der Waals surface area contributed by atoms with Crippen molar-refractivity contribution in [3.8, 4) is 5.75 Å². The number of morpholine rings is 1. The van der Waals surface area contributed by atoms with Crippen LogP contribution in [-0.2, 0) is 4.74 Å². The van der Waals surface area contributed by atoms with Crippen molar-refractivity contribution in [2.45, 2.75) is 39.3 Å². The Morgan fingerprint density at radius 2 is 2.16 bits per heavy atom. The number of benzene rings is 1. The third kappa shape index (κ3) is 3.32. The minimum atomic E-state index is 0.250. The van der Waals surface area contributed by atoms with E-state index < -0.39 is 0 Å². The molecule has 0 aliphatic carbocycles. The summed E-state index contributed by atoms with van der Waals surface area (Å²) in [6.45, 7) is 8.60. The predicted octanol–water partition coefficient (Wildman–Crippen LogP) is 2.67. The van der Waals surface area contributed by atoms with E-state index in [1.807, 2.05) is 19.1 Å². The Bertz CT molecular complexity index is 423. The normalized spacial score (nSPS) is 23.4. The zero-order valence-corrected chi connectivity index (χ0v) is 12.1. The minimum Gasteiger partial charge on any atom is -0.494 e. The fraction of sp³-hybridized carbons (Fsp3) is 0.600. The largest absolute Gasteiger partial charge is 0.494 e. The summed E-state index contributed by atoms with van der Waals surface area (Å²) in [6, 6.07) is 6.37. The second-order valence-electron chi connectivity index (χ2n) is 5.05. The maximum atomic E-state index is 5.98. The van der Waals surface area contributed by atoms with Gasteiger partial charge in [-0.1, -0.05) is 6.92 Å². The van der Waals surface area contributed by atoms with Gasteiger partial charge in [-0.25, -0.2) is 0 Å².